The van der Waals surface area contributed by atoms with E-state index >= 15 is 0 Å². The smallest absolute Gasteiger partial charge is 0.328 e. The first-order valence-electron chi connectivity index (χ1n) is 5.48. The van der Waals surface area contributed by atoms with Gasteiger partial charge in [0.2, 0.25) is 5.91 Å². The predicted molar refractivity (Wildman–Crippen MR) is 64.8 cm³/mol. The molecule has 0 aliphatic carbocycles. The second-order valence-electron chi connectivity index (χ2n) is 3.88. The maximum absolute atomic E-state index is 11.6. The Hall–Kier alpha value is -1.92. The number of rotatable bonds is 6. The van der Waals surface area contributed by atoms with Gasteiger partial charge in [-0.2, -0.15) is 0 Å². The van der Waals surface area contributed by atoms with Gasteiger partial charge in [-0.15, -0.1) is 0 Å². The molecule has 1 aromatic rings. The molecular formula is C12H16N2O4. The Morgan fingerprint density at radius 2 is 1.89 bits per heavy atom. The Kier molecular flexibility index (Phi) is 5.29. The molecule has 1 unspecified atom stereocenters. The van der Waals surface area contributed by atoms with E-state index in [4.69, 9.17) is 15.9 Å². The van der Waals surface area contributed by atoms with E-state index < -0.39 is 30.6 Å². The van der Waals surface area contributed by atoms with Crippen molar-refractivity contribution in [3.8, 4) is 0 Å². The molecule has 1 amide bonds. The van der Waals surface area contributed by atoms with Gasteiger partial charge in [0.15, 0.2) is 0 Å². The fraction of sp³-hybridized carbons (Fsp3) is 0.333. The van der Waals surface area contributed by atoms with Gasteiger partial charge in [0, 0.05) is 0 Å². The predicted octanol–water partition coefficient (Wildman–Crippen LogP) is -0.882. The Morgan fingerprint density at radius 1 is 1.28 bits per heavy atom. The fourth-order valence-corrected chi connectivity index (χ4v) is 1.42. The highest BCUT2D eigenvalue weighted by Crippen LogP contribution is 2.02. The highest BCUT2D eigenvalue weighted by molar-refractivity contribution is 5.87. The molecule has 0 saturated heterocycles. The molecule has 6 heteroatoms. The first kappa shape index (κ1) is 14.1. The summed E-state index contributed by atoms with van der Waals surface area (Å²) in [6.45, 7) is -0.668. The van der Waals surface area contributed by atoms with Crippen LogP contribution in [-0.4, -0.2) is 40.8 Å². The molecule has 0 spiro atoms. The van der Waals surface area contributed by atoms with Crippen molar-refractivity contribution in [1.82, 2.24) is 5.32 Å². The van der Waals surface area contributed by atoms with Gasteiger partial charge in [0.25, 0.3) is 0 Å². The number of amides is 1. The lowest BCUT2D eigenvalue weighted by atomic mass is 10.1. The van der Waals surface area contributed by atoms with Crippen LogP contribution in [0.25, 0.3) is 0 Å². The topological polar surface area (TPSA) is 113 Å². The lowest BCUT2D eigenvalue weighted by Gasteiger charge is -2.16. The van der Waals surface area contributed by atoms with Crippen LogP contribution in [0.1, 0.15) is 5.56 Å². The molecule has 1 rings (SSSR count). The van der Waals surface area contributed by atoms with E-state index in [-0.39, 0.29) is 0 Å². The van der Waals surface area contributed by atoms with Gasteiger partial charge in [-0.1, -0.05) is 30.3 Å². The van der Waals surface area contributed by atoms with Crippen LogP contribution >= 0.6 is 0 Å². The number of carbonyl (C=O) groups excluding carboxylic acids is 1. The Bertz CT molecular complexity index is 408. The SMILES string of the molecule is NC(Cc1ccccc1)C(=O)N[C@H](CO)C(=O)O. The van der Waals surface area contributed by atoms with Gasteiger partial charge < -0.3 is 21.3 Å². The fourth-order valence-electron chi connectivity index (χ4n) is 1.42. The molecule has 0 bridgehead atoms. The molecule has 5 N–H and O–H groups in total. The molecule has 6 nitrogen and oxygen atoms in total. The van der Waals surface area contributed by atoms with Gasteiger partial charge in [0.1, 0.15) is 6.04 Å². The number of benzene rings is 1. The molecular weight excluding hydrogens is 236 g/mol. The van der Waals surface area contributed by atoms with E-state index in [1.54, 1.807) is 0 Å². The van der Waals surface area contributed by atoms with Crippen molar-refractivity contribution < 1.29 is 19.8 Å². The van der Waals surface area contributed by atoms with Crippen LogP contribution in [0.2, 0.25) is 0 Å². The lowest BCUT2D eigenvalue weighted by Crippen LogP contribution is -2.50. The second-order valence-corrected chi connectivity index (χ2v) is 3.88. The standard InChI is InChI=1S/C12H16N2O4/c13-9(6-8-4-2-1-3-5-8)11(16)14-10(7-15)12(17)18/h1-5,9-10,15H,6-7,13H2,(H,14,16)(H,17,18)/t9?,10-/m1/s1. The zero-order chi connectivity index (χ0) is 13.5. The first-order chi connectivity index (χ1) is 8.54. The van der Waals surface area contributed by atoms with Crippen molar-refractivity contribution in [2.75, 3.05) is 6.61 Å². The summed E-state index contributed by atoms with van der Waals surface area (Å²) in [6.07, 6.45) is 0.310. The van der Waals surface area contributed by atoms with Crippen LogP contribution < -0.4 is 11.1 Å². The number of aliphatic hydroxyl groups is 1. The third-order valence-electron chi connectivity index (χ3n) is 2.43. The number of aliphatic hydroxyl groups excluding tert-OH is 1. The zero-order valence-electron chi connectivity index (χ0n) is 9.74. The number of nitrogens with two attached hydrogens (primary N) is 1. The van der Waals surface area contributed by atoms with Crippen molar-refractivity contribution in [3.05, 3.63) is 35.9 Å². The number of carbonyl (C=O) groups is 2. The number of hydrogen-bond donors (Lipinski definition) is 4. The summed E-state index contributed by atoms with van der Waals surface area (Å²) in [4.78, 5) is 22.2. The monoisotopic (exact) mass is 252 g/mol. The molecule has 0 heterocycles. The number of carboxylic acid groups (broad SMARTS) is 1. The van der Waals surface area contributed by atoms with Crippen molar-refractivity contribution in [2.24, 2.45) is 5.73 Å². The van der Waals surface area contributed by atoms with E-state index in [2.05, 4.69) is 5.32 Å². The van der Waals surface area contributed by atoms with Gasteiger partial charge >= 0.3 is 5.97 Å². The molecule has 18 heavy (non-hydrogen) atoms. The summed E-state index contributed by atoms with van der Waals surface area (Å²) in [5.41, 5.74) is 6.55. The summed E-state index contributed by atoms with van der Waals surface area (Å²) in [5, 5.41) is 19.6. The van der Waals surface area contributed by atoms with Crippen LogP contribution in [0.5, 0.6) is 0 Å². The quantitative estimate of drug-likeness (QED) is 0.525. The van der Waals surface area contributed by atoms with E-state index in [1.807, 2.05) is 30.3 Å². The van der Waals surface area contributed by atoms with Crippen molar-refractivity contribution in [1.29, 1.82) is 0 Å². The number of carboxylic acids is 1. The minimum absolute atomic E-state index is 0.310. The molecule has 0 aromatic heterocycles. The largest absolute Gasteiger partial charge is 0.480 e. The first-order valence-corrected chi connectivity index (χ1v) is 5.48. The third kappa shape index (κ3) is 4.15. The van der Waals surface area contributed by atoms with Crippen molar-refractivity contribution >= 4 is 11.9 Å². The summed E-state index contributed by atoms with van der Waals surface area (Å²) in [7, 11) is 0. The van der Waals surface area contributed by atoms with Gasteiger partial charge in [-0.05, 0) is 12.0 Å². The zero-order valence-corrected chi connectivity index (χ0v) is 9.74. The average Bonchev–Trinajstić information content (AvgIpc) is 2.36. The van der Waals surface area contributed by atoms with E-state index in [9.17, 15) is 9.59 Å². The third-order valence-corrected chi connectivity index (χ3v) is 2.43. The molecule has 0 fully saturated rings. The lowest BCUT2D eigenvalue weighted by molar-refractivity contribution is -0.143. The molecule has 1 aromatic carbocycles. The number of aliphatic carboxylic acids is 1. The molecule has 0 saturated carbocycles. The molecule has 98 valence electrons. The highest BCUT2D eigenvalue weighted by atomic mass is 16.4. The summed E-state index contributed by atoms with van der Waals surface area (Å²) in [5.74, 6) is -1.89. The van der Waals surface area contributed by atoms with Crippen LogP contribution in [0, 0.1) is 0 Å². The number of hydrogen-bond acceptors (Lipinski definition) is 4. The molecule has 0 aliphatic heterocycles. The summed E-state index contributed by atoms with van der Waals surface area (Å²) < 4.78 is 0. The Labute approximate surface area is 104 Å². The molecule has 0 radical (unpaired) electrons. The van der Waals surface area contributed by atoms with Gasteiger partial charge in [-0.25, -0.2) is 4.79 Å². The minimum atomic E-state index is -1.32. The van der Waals surface area contributed by atoms with Crippen molar-refractivity contribution in [3.63, 3.8) is 0 Å². The normalized spacial score (nSPS) is 13.7. The van der Waals surface area contributed by atoms with Crippen LogP contribution in [0.4, 0.5) is 0 Å². The highest BCUT2D eigenvalue weighted by Gasteiger charge is 2.22. The van der Waals surface area contributed by atoms with Crippen LogP contribution in [-0.2, 0) is 16.0 Å². The van der Waals surface area contributed by atoms with Crippen LogP contribution in [0.3, 0.4) is 0 Å². The molecule has 2 atom stereocenters. The minimum Gasteiger partial charge on any atom is -0.480 e. The average molecular weight is 252 g/mol. The maximum Gasteiger partial charge on any atom is 0.328 e. The van der Waals surface area contributed by atoms with E-state index in [0.29, 0.717) is 6.42 Å². The Morgan fingerprint density at radius 3 is 2.39 bits per heavy atom. The van der Waals surface area contributed by atoms with Crippen molar-refractivity contribution in [2.45, 2.75) is 18.5 Å². The van der Waals surface area contributed by atoms with Gasteiger partial charge in [-0.3, -0.25) is 4.79 Å². The number of nitrogens with one attached hydrogen (secondary N) is 1. The Balaban J connectivity index is 2.54. The van der Waals surface area contributed by atoms with E-state index in [1.165, 1.54) is 0 Å². The van der Waals surface area contributed by atoms with Crippen LogP contribution in [0.15, 0.2) is 30.3 Å². The summed E-state index contributed by atoms with van der Waals surface area (Å²) >= 11 is 0. The maximum atomic E-state index is 11.6. The van der Waals surface area contributed by atoms with E-state index in [0.717, 1.165) is 5.56 Å². The summed E-state index contributed by atoms with van der Waals surface area (Å²) in [6, 6.07) is 6.99. The molecule has 0 aliphatic rings. The van der Waals surface area contributed by atoms with Gasteiger partial charge in [0.05, 0.1) is 12.6 Å². The second kappa shape index (κ2) is 6.73.